The molecule has 0 spiro atoms. The minimum atomic E-state index is -1.51. The van der Waals surface area contributed by atoms with Crippen molar-refractivity contribution < 1.29 is 13.7 Å². The highest BCUT2D eigenvalue weighted by molar-refractivity contribution is 9.10. The lowest BCUT2D eigenvalue weighted by Gasteiger charge is -2.07. The van der Waals surface area contributed by atoms with Gasteiger partial charge in [0.05, 0.1) is 17.6 Å². The summed E-state index contributed by atoms with van der Waals surface area (Å²) in [5, 5.41) is 0.605. The van der Waals surface area contributed by atoms with Crippen molar-refractivity contribution in [2.75, 3.05) is 7.11 Å². The van der Waals surface area contributed by atoms with E-state index in [1.165, 1.54) is 7.11 Å². The number of esters is 1. The maximum atomic E-state index is 13.0. The summed E-state index contributed by atoms with van der Waals surface area (Å²) in [6.07, 6.45) is 1.61. The van der Waals surface area contributed by atoms with E-state index in [1.54, 1.807) is 35.3 Å². The Morgan fingerprint density at radius 1 is 1.30 bits per heavy atom. The molecule has 2 aromatic heterocycles. The van der Waals surface area contributed by atoms with E-state index >= 15 is 0 Å². The predicted octanol–water partition coefficient (Wildman–Crippen LogP) is 3.46. The first-order valence-corrected chi connectivity index (χ1v) is 8.66. The standard InChI is InChI=1S/C16H13BrN2O3S/c1-10-14(16(20)22-2)13-8-11(17)9-18-15(13)19(10)23(21)12-6-4-3-5-7-12/h3-9H,1-2H3. The van der Waals surface area contributed by atoms with Crippen LogP contribution in [0.1, 0.15) is 16.1 Å². The Labute approximate surface area is 144 Å². The Bertz CT molecular complexity index is 922. The SMILES string of the molecule is COC(=O)c1c(C)n(S(=O)c2ccccc2)c2ncc(Br)cc12. The van der Waals surface area contributed by atoms with Crippen LogP contribution in [0.5, 0.6) is 0 Å². The summed E-state index contributed by atoms with van der Waals surface area (Å²) in [6.45, 7) is 1.74. The van der Waals surface area contributed by atoms with Crippen LogP contribution < -0.4 is 0 Å². The fraction of sp³-hybridized carbons (Fsp3) is 0.125. The van der Waals surface area contributed by atoms with Gasteiger partial charge in [-0.25, -0.2) is 18.0 Å². The van der Waals surface area contributed by atoms with Crippen LogP contribution in [0.15, 0.2) is 52.0 Å². The molecule has 0 amide bonds. The fourth-order valence-electron chi connectivity index (χ4n) is 2.44. The number of fused-ring (bicyclic) bond motifs is 1. The van der Waals surface area contributed by atoms with Crippen molar-refractivity contribution in [1.82, 2.24) is 8.96 Å². The number of rotatable bonds is 3. The Morgan fingerprint density at radius 3 is 2.65 bits per heavy atom. The first-order valence-electron chi connectivity index (χ1n) is 6.76. The lowest BCUT2D eigenvalue weighted by atomic mass is 10.2. The first-order chi connectivity index (χ1) is 11.0. The zero-order chi connectivity index (χ0) is 16.6. The molecule has 0 saturated heterocycles. The van der Waals surface area contributed by atoms with E-state index in [0.29, 0.717) is 27.2 Å². The molecule has 0 radical (unpaired) electrons. The zero-order valence-corrected chi connectivity index (χ0v) is 14.8. The number of benzene rings is 1. The topological polar surface area (TPSA) is 61.2 Å². The summed E-state index contributed by atoms with van der Waals surface area (Å²) in [4.78, 5) is 17.1. The van der Waals surface area contributed by atoms with Crippen LogP contribution in [0.2, 0.25) is 0 Å². The van der Waals surface area contributed by atoms with Crippen molar-refractivity contribution in [2.24, 2.45) is 0 Å². The summed E-state index contributed by atoms with van der Waals surface area (Å²) < 4.78 is 20.1. The molecule has 0 saturated carbocycles. The van der Waals surface area contributed by atoms with Crippen molar-refractivity contribution in [3.05, 3.63) is 58.3 Å². The Kier molecular flexibility index (Phi) is 4.32. The molecular weight excluding hydrogens is 380 g/mol. The molecule has 0 aliphatic rings. The van der Waals surface area contributed by atoms with Crippen LogP contribution in [0, 0.1) is 6.92 Å². The number of nitrogens with zero attached hydrogens (tertiary/aromatic N) is 2. The molecule has 1 aromatic carbocycles. The molecular formula is C16H13BrN2O3S. The fourth-order valence-corrected chi connectivity index (χ4v) is 4.01. The van der Waals surface area contributed by atoms with E-state index in [2.05, 4.69) is 20.9 Å². The van der Waals surface area contributed by atoms with Gasteiger partial charge in [0, 0.05) is 21.7 Å². The Balaban J connectivity index is 2.31. The lowest BCUT2D eigenvalue weighted by molar-refractivity contribution is 0.0602. The molecule has 3 rings (SSSR count). The van der Waals surface area contributed by atoms with Crippen LogP contribution in [-0.2, 0) is 15.7 Å². The van der Waals surface area contributed by atoms with Gasteiger partial charge in [-0.3, -0.25) is 0 Å². The summed E-state index contributed by atoms with van der Waals surface area (Å²) in [5.74, 6) is -0.476. The highest BCUT2D eigenvalue weighted by Gasteiger charge is 2.24. The van der Waals surface area contributed by atoms with E-state index in [9.17, 15) is 9.00 Å². The molecule has 1 unspecified atom stereocenters. The Morgan fingerprint density at radius 2 is 2.00 bits per heavy atom. The van der Waals surface area contributed by atoms with Gasteiger partial charge in [-0.15, -0.1) is 0 Å². The zero-order valence-electron chi connectivity index (χ0n) is 12.4. The number of ether oxygens (including phenoxy) is 1. The van der Waals surface area contributed by atoms with Crippen molar-refractivity contribution in [3.63, 3.8) is 0 Å². The third kappa shape index (κ3) is 2.70. The van der Waals surface area contributed by atoms with Crippen LogP contribution in [-0.4, -0.2) is 26.2 Å². The summed E-state index contributed by atoms with van der Waals surface area (Å²) in [7, 11) is -0.182. The average molecular weight is 393 g/mol. The van der Waals surface area contributed by atoms with Gasteiger partial charge in [0.2, 0.25) is 0 Å². The molecule has 2 heterocycles. The van der Waals surface area contributed by atoms with Crippen molar-refractivity contribution in [3.8, 4) is 0 Å². The van der Waals surface area contributed by atoms with Gasteiger partial charge >= 0.3 is 5.97 Å². The van der Waals surface area contributed by atoms with Gasteiger partial charge in [-0.1, -0.05) is 18.2 Å². The van der Waals surface area contributed by atoms with Gasteiger partial charge in [-0.2, -0.15) is 0 Å². The van der Waals surface area contributed by atoms with Crippen molar-refractivity contribution in [2.45, 2.75) is 11.8 Å². The summed E-state index contributed by atoms with van der Waals surface area (Å²) in [6, 6.07) is 10.8. The highest BCUT2D eigenvalue weighted by atomic mass is 79.9. The number of pyridine rings is 1. The third-order valence-electron chi connectivity index (χ3n) is 3.46. The number of halogens is 1. The Hall–Kier alpha value is -1.99. The van der Waals surface area contributed by atoms with Crippen LogP contribution in [0.4, 0.5) is 0 Å². The van der Waals surface area contributed by atoms with Gasteiger partial charge in [0.15, 0.2) is 16.6 Å². The van der Waals surface area contributed by atoms with Gasteiger partial charge < -0.3 is 4.74 Å². The van der Waals surface area contributed by atoms with Crippen LogP contribution >= 0.6 is 15.9 Å². The number of aromatic nitrogens is 2. The van der Waals surface area contributed by atoms with E-state index < -0.39 is 17.0 Å². The first kappa shape index (κ1) is 15.9. The summed E-state index contributed by atoms with van der Waals surface area (Å²) >= 11 is 3.35. The molecule has 118 valence electrons. The molecule has 23 heavy (non-hydrogen) atoms. The van der Waals surface area contributed by atoms with Gasteiger partial charge in [0.25, 0.3) is 0 Å². The lowest BCUT2D eigenvalue weighted by Crippen LogP contribution is -2.09. The van der Waals surface area contributed by atoms with Crippen molar-refractivity contribution in [1.29, 1.82) is 0 Å². The van der Waals surface area contributed by atoms with Gasteiger partial charge in [-0.05, 0) is 41.1 Å². The molecule has 5 nitrogen and oxygen atoms in total. The van der Waals surface area contributed by atoms with Crippen LogP contribution in [0.3, 0.4) is 0 Å². The monoisotopic (exact) mass is 392 g/mol. The predicted molar refractivity (Wildman–Crippen MR) is 91.8 cm³/mol. The maximum absolute atomic E-state index is 13.0. The number of hydrogen-bond acceptors (Lipinski definition) is 4. The molecule has 0 fully saturated rings. The molecule has 0 N–H and O–H groups in total. The second-order valence-corrected chi connectivity index (χ2v) is 7.08. The van der Waals surface area contributed by atoms with E-state index in [1.807, 2.05) is 18.2 Å². The maximum Gasteiger partial charge on any atom is 0.340 e. The average Bonchev–Trinajstić information content (AvgIpc) is 2.85. The second kappa shape index (κ2) is 6.25. The molecule has 1 atom stereocenters. The number of methoxy groups -OCH3 is 1. The van der Waals surface area contributed by atoms with Gasteiger partial charge in [0.1, 0.15) is 0 Å². The molecule has 0 aliphatic carbocycles. The quantitative estimate of drug-likeness (QED) is 0.640. The van der Waals surface area contributed by atoms with E-state index in [-0.39, 0.29) is 0 Å². The number of hydrogen-bond donors (Lipinski definition) is 0. The second-order valence-electron chi connectivity index (χ2n) is 4.83. The van der Waals surface area contributed by atoms with E-state index in [0.717, 1.165) is 4.47 Å². The minimum Gasteiger partial charge on any atom is -0.465 e. The normalized spacial score (nSPS) is 12.3. The molecule has 7 heteroatoms. The highest BCUT2D eigenvalue weighted by Crippen LogP contribution is 2.29. The molecule has 0 aliphatic heterocycles. The number of carbonyl (C=O) groups excluding carboxylic acids is 1. The smallest absolute Gasteiger partial charge is 0.340 e. The molecule has 0 bridgehead atoms. The molecule has 3 aromatic rings. The number of carbonyl (C=O) groups is 1. The van der Waals surface area contributed by atoms with E-state index in [4.69, 9.17) is 4.74 Å². The third-order valence-corrected chi connectivity index (χ3v) is 5.35. The van der Waals surface area contributed by atoms with Crippen LogP contribution in [0.25, 0.3) is 11.0 Å². The minimum absolute atomic E-state index is 0.376. The largest absolute Gasteiger partial charge is 0.465 e. The summed E-state index contributed by atoms with van der Waals surface area (Å²) in [5.41, 5.74) is 1.41. The van der Waals surface area contributed by atoms with Crippen molar-refractivity contribution >= 4 is 43.9 Å².